The zero-order valence-corrected chi connectivity index (χ0v) is 12.5. The van der Waals surface area contributed by atoms with Crippen LogP contribution in [0.15, 0.2) is 30.3 Å². The second-order valence-corrected chi connectivity index (χ2v) is 5.11. The van der Waals surface area contributed by atoms with Gasteiger partial charge in [0, 0.05) is 19.5 Å². The van der Waals surface area contributed by atoms with E-state index in [1.54, 1.807) is 0 Å². The second-order valence-electron chi connectivity index (χ2n) is 5.11. The number of hydrogen-bond donors (Lipinski definition) is 0. The van der Waals surface area contributed by atoms with Crippen molar-refractivity contribution in [1.82, 2.24) is 4.90 Å². The van der Waals surface area contributed by atoms with Crippen molar-refractivity contribution in [3.05, 3.63) is 35.9 Å². The molecule has 1 unspecified atom stereocenters. The van der Waals surface area contributed by atoms with Gasteiger partial charge in [-0.3, -0.25) is 9.59 Å². The number of carbonyl (C=O) groups is 3. The number of methoxy groups -OCH3 is 1. The summed E-state index contributed by atoms with van der Waals surface area (Å²) in [5, 5.41) is 0. The van der Waals surface area contributed by atoms with Gasteiger partial charge in [-0.1, -0.05) is 30.3 Å². The van der Waals surface area contributed by atoms with E-state index in [-0.39, 0.29) is 31.8 Å². The Morgan fingerprint density at radius 2 is 1.95 bits per heavy atom. The molecule has 1 aliphatic heterocycles. The van der Waals surface area contributed by atoms with E-state index in [0.717, 1.165) is 5.56 Å². The van der Waals surface area contributed by atoms with Gasteiger partial charge < -0.3 is 14.4 Å². The normalized spacial score (nSPS) is 18.5. The number of hydrogen-bond acceptors (Lipinski definition) is 5. The number of likely N-dealkylation sites (tertiary alicyclic amines) is 1. The first-order valence-corrected chi connectivity index (χ1v) is 7.18. The van der Waals surface area contributed by atoms with Gasteiger partial charge >= 0.3 is 12.1 Å². The van der Waals surface area contributed by atoms with Crippen molar-refractivity contribution >= 4 is 17.8 Å². The molecule has 0 spiro atoms. The maximum atomic E-state index is 12.1. The standard InChI is InChI=1S/C16H19NO5/c1-21-15(19)13-7-9-17(10-8-14(13)18)16(20)22-11-12-5-3-2-4-6-12/h2-6,13H,7-11H2,1H3. The second kappa shape index (κ2) is 7.59. The summed E-state index contributed by atoms with van der Waals surface area (Å²) in [6.45, 7) is 0.754. The van der Waals surface area contributed by atoms with E-state index < -0.39 is 18.0 Å². The smallest absolute Gasteiger partial charge is 0.410 e. The molecule has 1 aliphatic rings. The van der Waals surface area contributed by atoms with Crippen molar-refractivity contribution in [3.63, 3.8) is 0 Å². The highest BCUT2D eigenvalue weighted by atomic mass is 16.6. The summed E-state index contributed by atoms with van der Waals surface area (Å²) in [5.74, 6) is -1.51. The molecular formula is C16H19NO5. The fraction of sp³-hybridized carbons (Fsp3) is 0.438. The van der Waals surface area contributed by atoms with Crippen molar-refractivity contribution in [2.75, 3.05) is 20.2 Å². The first kappa shape index (κ1) is 16.0. The van der Waals surface area contributed by atoms with Crippen LogP contribution in [0, 0.1) is 5.92 Å². The van der Waals surface area contributed by atoms with Crippen LogP contribution in [-0.4, -0.2) is 42.9 Å². The summed E-state index contributed by atoms with van der Waals surface area (Å²) in [5.41, 5.74) is 0.897. The van der Waals surface area contributed by atoms with Crippen LogP contribution in [0.3, 0.4) is 0 Å². The maximum Gasteiger partial charge on any atom is 0.410 e. The van der Waals surface area contributed by atoms with Gasteiger partial charge in [-0.25, -0.2) is 4.79 Å². The van der Waals surface area contributed by atoms with Gasteiger partial charge in [-0.2, -0.15) is 0 Å². The number of amides is 1. The Bertz CT molecular complexity index is 543. The molecule has 1 heterocycles. The molecule has 0 aliphatic carbocycles. The highest BCUT2D eigenvalue weighted by Crippen LogP contribution is 2.17. The molecule has 0 radical (unpaired) electrons. The molecule has 6 nitrogen and oxygen atoms in total. The summed E-state index contributed by atoms with van der Waals surface area (Å²) in [4.78, 5) is 36.9. The van der Waals surface area contributed by atoms with Crippen LogP contribution in [0.2, 0.25) is 0 Å². The van der Waals surface area contributed by atoms with E-state index in [1.807, 2.05) is 30.3 Å². The van der Waals surface area contributed by atoms with Crippen molar-refractivity contribution < 1.29 is 23.9 Å². The van der Waals surface area contributed by atoms with Crippen LogP contribution in [0.5, 0.6) is 0 Å². The van der Waals surface area contributed by atoms with E-state index in [1.165, 1.54) is 12.0 Å². The summed E-state index contributed by atoms with van der Waals surface area (Å²) < 4.78 is 9.86. The summed E-state index contributed by atoms with van der Waals surface area (Å²) >= 11 is 0. The van der Waals surface area contributed by atoms with Crippen LogP contribution in [-0.2, 0) is 25.7 Å². The monoisotopic (exact) mass is 305 g/mol. The minimum absolute atomic E-state index is 0.139. The third-order valence-corrected chi connectivity index (χ3v) is 3.65. The van der Waals surface area contributed by atoms with E-state index in [9.17, 15) is 14.4 Å². The van der Waals surface area contributed by atoms with E-state index >= 15 is 0 Å². The van der Waals surface area contributed by atoms with Gasteiger partial charge in [-0.05, 0) is 12.0 Å². The number of Topliss-reactive ketones (excluding diaryl/α,β-unsaturated/α-hetero) is 1. The molecule has 1 aromatic carbocycles. The topological polar surface area (TPSA) is 72.9 Å². The average Bonchev–Trinajstić information content (AvgIpc) is 2.75. The van der Waals surface area contributed by atoms with Gasteiger partial charge in [-0.15, -0.1) is 0 Å². The van der Waals surface area contributed by atoms with Gasteiger partial charge in [0.25, 0.3) is 0 Å². The first-order chi connectivity index (χ1) is 10.6. The molecule has 1 atom stereocenters. The SMILES string of the molecule is COC(=O)C1CCN(C(=O)OCc2ccccc2)CCC1=O. The Morgan fingerprint density at radius 1 is 1.23 bits per heavy atom. The molecule has 118 valence electrons. The predicted octanol–water partition coefficient (Wildman–Crippen LogP) is 1.78. The highest BCUT2D eigenvalue weighted by Gasteiger charge is 2.32. The number of ketones is 1. The maximum absolute atomic E-state index is 12.1. The van der Waals surface area contributed by atoms with Crippen LogP contribution < -0.4 is 0 Å². The van der Waals surface area contributed by atoms with Crippen LogP contribution in [0.1, 0.15) is 18.4 Å². The minimum Gasteiger partial charge on any atom is -0.468 e. The molecule has 1 amide bonds. The number of ether oxygens (including phenoxy) is 2. The predicted molar refractivity (Wildman–Crippen MR) is 77.9 cm³/mol. The highest BCUT2D eigenvalue weighted by molar-refractivity contribution is 5.99. The summed E-state index contributed by atoms with van der Waals surface area (Å²) in [7, 11) is 1.26. The van der Waals surface area contributed by atoms with E-state index in [2.05, 4.69) is 4.74 Å². The molecule has 0 saturated carbocycles. The van der Waals surface area contributed by atoms with Crippen LogP contribution >= 0.6 is 0 Å². The lowest BCUT2D eigenvalue weighted by Gasteiger charge is -2.19. The van der Waals surface area contributed by atoms with Crippen molar-refractivity contribution in [2.45, 2.75) is 19.4 Å². The van der Waals surface area contributed by atoms with Crippen molar-refractivity contribution in [2.24, 2.45) is 5.92 Å². The summed E-state index contributed by atoms with van der Waals surface area (Å²) in [6.07, 6.45) is -0.0613. The van der Waals surface area contributed by atoms with Gasteiger partial charge in [0.1, 0.15) is 18.3 Å². The largest absolute Gasteiger partial charge is 0.468 e. The molecule has 0 aromatic heterocycles. The molecule has 22 heavy (non-hydrogen) atoms. The number of esters is 1. The Kier molecular flexibility index (Phi) is 5.52. The van der Waals surface area contributed by atoms with Gasteiger partial charge in [0.15, 0.2) is 0 Å². The van der Waals surface area contributed by atoms with Crippen molar-refractivity contribution in [1.29, 1.82) is 0 Å². The number of rotatable bonds is 3. The lowest BCUT2D eigenvalue weighted by molar-refractivity contribution is -0.149. The Balaban J connectivity index is 1.88. The molecule has 1 fully saturated rings. The number of carbonyl (C=O) groups excluding carboxylic acids is 3. The van der Waals surface area contributed by atoms with Crippen LogP contribution in [0.25, 0.3) is 0 Å². The molecule has 0 N–H and O–H groups in total. The number of nitrogens with zero attached hydrogens (tertiary/aromatic N) is 1. The van der Waals surface area contributed by atoms with Crippen LogP contribution in [0.4, 0.5) is 4.79 Å². The molecular weight excluding hydrogens is 286 g/mol. The fourth-order valence-electron chi connectivity index (χ4n) is 2.36. The lowest BCUT2D eigenvalue weighted by Crippen LogP contribution is -2.32. The average molecular weight is 305 g/mol. The van der Waals surface area contributed by atoms with Gasteiger partial charge in [0.2, 0.25) is 0 Å². The Morgan fingerprint density at radius 3 is 2.64 bits per heavy atom. The number of benzene rings is 1. The summed E-state index contributed by atoms with van der Waals surface area (Å²) in [6, 6.07) is 9.36. The molecule has 1 aromatic rings. The fourth-order valence-corrected chi connectivity index (χ4v) is 2.36. The minimum atomic E-state index is -0.781. The van der Waals surface area contributed by atoms with Crippen molar-refractivity contribution in [3.8, 4) is 0 Å². The third kappa shape index (κ3) is 4.07. The zero-order chi connectivity index (χ0) is 15.9. The third-order valence-electron chi connectivity index (χ3n) is 3.65. The molecule has 6 heteroatoms. The van der Waals surface area contributed by atoms with Gasteiger partial charge in [0.05, 0.1) is 7.11 Å². The Hall–Kier alpha value is -2.37. The lowest BCUT2D eigenvalue weighted by atomic mass is 10.00. The van der Waals surface area contributed by atoms with E-state index in [0.29, 0.717) is 6.54 Å². The van der Waals surface area contributed by atoms with E-state index in [4.69, 9.17) is 4.74 Å². The quantitative estimate of drug-likeness (QED) is 0.628. The molecule has 2 rings (SSSR count). The zero-order valence-electron chi connectivity index (χ0n) is 12.5. The molecule has 1 saturated heterocycles. The Labute approximate surface area is 129 Å². The first-order valence-electron chi connectivity index (χ1n) is 7.18. The molecule has 0 bridgehead atoms.